The summed E-state index contributed by atoms with van der Waals surface area (Å²) >= 11 is 0. The molecule has 0 aliphatic heterocycles. The van der Waals surface area contributed by atoms with Crippen LogP contribution in [0.2, 0.25) is 0 Å². The van der Waals surface area contributed by atoms with Crippen LogP contribution in [0.15, 0.2) is 0 Å². The number of rotatable bonds is 0. The molecule has 138 valence electrons. The summed E-state index contributed by atoms with van der Waals surface area (Å²) in [6.07, 6.45) is 0.820. The molecule has 0 heterocycles. The number of hydrogen-bond acceptors (Lipinski definition) is 5. The van der Waals surface area contributed by atoms with Gasteiger partial charge in [0.1, 0.15) is 0 Å². The Bertz CT molecular complexity index is 512. The van der Waals surface area contributed by atoms with Crippen LogP contribution in [0.4, 0.5) is 0 Å². The largest absolute Gasteiger partial charge is 0.393 e. The third-order valence-electron chi connectivity index (χ3n) is 8.74. The van der Waals surface area contributed by atoms with Gasteiger partial charge in [-0.25, -0.2) is 0 Å². The smallest absolute Gasteiger partial charge is 0.0861 e. The summed E-state index contributed by atoms with van der Waals surface area (Å²) < 4.78 is 0. The average Bonchev–Trinajstić information content (AvgIpc) is 2.84. The molecule has 0 aromatic rings. The summed E-state index contributed by atoms with van der Waals surface area (Å²) in [4.78, 5) is 0. The molecule has 5 nitrogen and oxygen atoms in total. The van der Waals surface area contributed by atoms with Gasteiger partial charge in [0.25, 0.3) is 0 Å². The van der Waals surface area contributed by atoms with E-state index in [-0.39, 0.29) is 34.7 Å². The quantitative estimate of drug-likeness (QED) is 0.446. The molecule has 4 rings (SSSR count). The monoisotopic (exact) mass is 340 g/mol. The van der Waals surface area contributed by atoms with Crippen molar-refractivity contribution in [1.29, 1.82) is 0 Å². The van der Waals surface area contributed by atoms with Crippen molar-refractivity contribution in [2.24, 2.45) is 34.5 Å². The van der Waals surface area contributed by atoms with Gasteiger partial charge in [-0.05, 0) is 67.1 Å². The van der Waals surface area contributed by atoms with Crippen LogP contribution in [0.5, 0.6) is 0 Å². The fraction of sp³-hybridized carbons (Fsp3) is 1.00. The Hall–Kier alpha value is -0.200. The van der Waals surface area contributed by atoms with E-state index in [1.807, 2.05) is 0 Å². The Morgan fingerprint density at radius 1 is 0.667 bits per heavy atom. The first-order chi connectivity index (χ1) is 11.2. The highest BCUT2D eigenvalue weighted by Crippen LogP contribution is 2.66. The minimum absolute atomic E-state index is 0.0282. The maximum Gasteiger partial charge on any atom is 0.0861 e. The second-order valence-corrected chi connectivity index (χ2v) is 9.54. The SMILES string of the molecule is C[C@]12CC[C@@H](O)C(O)C1[C@@H](O)C(O)C1C2CC[C@@]2(C)C1CC[C@@H]2O. The van der Waals surface area contributed by atoms with Gasteiger partial charge in [-0.1, -0.05) is 13.8 Å². The van der Waals surface area contributed by atoms with E-state index in [1.54, 1.807) is 0 Å². The molecule has 11 atom stereocenters. The van der Waals surface area contributed by atoms with Gasteiger partial charge < -0.3 is 25.5 Å². The maximum atomic E-state index is 11.0. The highest BCUT2D eigenvalue weighted by atomic mass is 16.3. The Kier molecular flexibility index (Phi) is 3.87. The van der Waals surface area contributed by atoms with Crippen LogP contribution < -0.4 is 0 Å². The molecule has 24 heavy (non-hydrogen) atoms. The third kappa shape index (κ3) is 1.99. The predicted molar refractivity (Wildman–Crippen MR) is 87.9 cm³/mol. The van der Waals surface area contributed by atoms with E-state index in [2.05, 4.69) is 13.8 Å². The van der Waals surface area contributed by atoms with Gasteiger partial charge in [0, 0.05) is 5.92 Å². The highest BCUT2D eigenvalue weighted by molar-refractivity contribution is 5.15. The van der Waals surface area contributed by atoms with Crippen molar-refractivity contribution in [3.05, 3.63) is 0 Å². The van der Waals surface area contributed by atoms with Crippen molar-refractivity contribution >= 4 is 0 Å². The molecule has 5 heteroatoms. The first-order valence-electron chi connectivity index (χ1n) is 9.62. The van der Waals surface area contributed by atoms with E-state index in [0.717, 1.165) is 32.1 Å². The zero-order chi connectivity index (χ0) is 17.4. The van der Waals surface area contributed by atoms with Gasteiger partial charge in [-0.2, -0.15) is 0 Å². The standard InChI is InChI=1S/C19H32O5/c1-18-7-5-10-13(9(18)3-4-12(18)21)16(23)17(24)14-15(22)11(20)6-8-19(10,14)2/h9-17,20-24H,3-8H2,1-2H3/t9?,10?,11-,12+,13?,14?,15?,16?,17-,18+,19-/m1/s1. The summed E-state index contributed by atoms with van der Waals surface area (Å²) in [5, 5.41) is 52.9. The van der Waals surface area contributed by atoms with Gasteiger partial charge in [0.2, 0.25) is 0 Å². The number of aliphatic hydroxyl groups is 5. The molecule has 0 aromatic carbocycles. The molecule has 0 amide bonds. The van der Waals surface area contributed by atoms with Crippen LogP contribution in [0, 0.1) is 34.5 Å². The zero-order valence-electron chi connectivity index (χ0n) is 14.7. The Labute approximate surface area is 143 Å². The van der Waals surface area contributed by atoms with Gasteiger partial charge in [0.05, 0.1) is 30.5 Å². The minimum Gasteiger partial charge on any atom is -0.393 e. The maximum absolute atomic E-state index is 11.0. The summed E-state index contributed by atoms with van der Waals surface area (Å²) in [5.41, 5.74) is -0.436. The first kappa shape index (κ1) is 17.2. The van der Waals surface area contributed by atoms with Crippen LogP contribution in [-0.2, 0) is 0 Å². The van der Waals surface area contributed by atoms with Gasteiger partial charge in [0.15, 0.2) is 0 Å². The summed E-state index contributed by atoms with van der Waals surface area (Å²) in [6, 6.07) is 0. The molecule has 4 fully saturated rings. The molecule has 4 aliphatic rings. The lowest BCUT2D eigenvalue weighted by Crippen LogP contribution is -2.67. The minimum atomic E-state index is -1.01. The lowest BCUT2D eigenvalue weighted by molar-refractivity contribution is -0.252. The number of fused-ring (bicyclic) bond motifs is 5. The van der Waals surface area contributed by atoms with Crippen molar-refractivity contribution in [1.82, 2.24) is 0 Å². The van der Waals surface area contributed by atoms with E-state index in [1.165, 1.54) is 0 Å². The molecule has 0 spiro atoms. The fourth-order valence-corrected chi connectivity index (χ4v) is 7.30. The van der Waals surface area contributed by atoms with E-state index in [4.69, 9.17) is 0 Å². The van der Waals surface area contributed by atoms with Crippen molar-refractivity contribution in [2.45, 2.75) is 82.9 Å². The predicted octanol–water partition coefficient (Wildman–Crippen LogP) is 0.663. The topological polar surface area (TPSA) is 101 Å². The number of hydrogen-bond donors (Lipinski definition) is 5. The molecule has 5 N–H and O–H groups in total. The van der Waals surface area contributed by atoms with E-state index >= 15 is 0 Å². The third-order valence-corrected chi connectivity index (χ3v) is 8.74. The molecular formula is C19H32O5. The Morgan fingerprint density at radius 3 is 2.00 bits per heavy atom. The van der Waals surface area contributed by atoms with Crippen molar-refractivity contribution < 1.29 is 25.5 Å². The van der Waals surface area contributed by atoms with Gasteiger partial charge >= 0.3 is 0 Å². The van der Waals surface area contributed by atoms with E-state index in [0.29, 0.717) is 6.42 Å². The van der Waals surface area contributed by atoms with Crippen molar-refractivity contribution in [2.75, 3.05) is 0 Å². The normalized spacial score (nSPS) is 63.4. The zero-order valence-corrected chi connectivity index (χ0v) is 14.7. The molecular weight excluding hydrogens is 308 g/mol. The number of aliphatic hydroxyl groups excluding tert-OH is 5. The molecule has 6 unspecified atom stereocenters. The second kappa shape index (κ2) is 5.40. The average molecular weight is 340 g/mol. The molecule has 0 bridgehead atoms. The van der Waals surface area contributed by atoms with Crippen molar-refractivity contribution in [3.8, 4) is 0 Å². The second-order valence-electron chi connectivity index (χ2n) is 9.54. The van der Waals surface area contributed by atoms with Gasteiger partial charge in [-0.15, -0.1) is 0 Å². The molecule has 0 saturated heterocycles. The molecule has 4 aliphatic carbocycles. The molecule has 0 aromatic heterocycles. The Morgan fingerprint density at radius 2 is 1.29 bits per heavy atom. The fourth-order valence-electron chi connectivity index (χ4n) is 7.30. The van der Waals surface area contributed by atoms with Crippen LogP contribution in [0.1, 0.15) is 52.4 Å². The van der Waals surface area contributed by atoms with Crippen LogP contribution >= 0.6 is 0 Å². The van der Waals surface area contributed by atoms with Gasteiger partial charge in [-0.3, -0.25) is 0 Å². The molecule has 4 saturated carbocycles. The highest BCUT2D eigenvalue weighted by Gasteiger charge is 2.66. The van der Waals surface area contributed by atoms with Crippen LogP contribution in [-0.4, -0.2) is 56.1 Å². The lowest BCUT2D eigenvalue weighted by atomic mass is 9.43. The van der Waals surface area contributed by atoms with E-state index < -0.39 is 30.3 Å². The van der Waals surface area contributed by atoms with E-state index in [9.17, 15) is 25.5 Å². The van der Waals surface area contributed by atoms with Crippen LogP contribution in [0.3, 0.4) is 0 Å². The lowest BCUT2D eigenvalue weighted by Gasteiger charge is -2.64. The first-order valence-corrected chi connectivity index (χ1v) is 9.62. The summed E-state index contributed by atoms with van der Waals surface area (Å²) in [6.45, 7) is 4.27. The summed E-state index contributed by atoms with van der Waals surface area (Å²) in [5.74, 6) is -0.0585. The summed E-state index contributed by atoms with van der Waals surface area (Å²) in [7, 11) is 0. The van der Waals surface area contributed by atoms with Crippen LogP contribution in [0.25, 0.3) is 0 Å². The molecule has 0 radical (unpaired) electrons. The Balaban J connectivity index is 1.74. The van der Waals surface area contributed by atoms with Crippen molar-refractivity contribution in [3.63, 3.8) is 0 Å².